The Morgan fingerprint density at radius 2 is 1.53 bits per heavy atom. The lowest BCUT2D eigenvalue weighted by molar-refractivity contribution is -0.134. The highest BCUT2D eigenvalue weighted by atomic mass is 16.4. The molecule has 0 radical (unpaired) electrons. The minimum absolute atomic E-state index is 0.207. The highest BCUT2D eigenvalue weighted by molar-refractivity contribution is 6.05. The number of carboxylic acid groups (broad SMARTS) is 2. The van der Waals surface area contributed by atoms with E-state index in [2.05, 4.69) is 48.2 Å². The maximum Gasteiger partial charge on any atom is 0.328 e. The highest BCUT2D eigenvalue weighted by Gasteiger charge is 2.24. The summed E-state index contributed by atoms with van der Waals surface area (Å²) in [6.45, 7) is 1.95. The van der Waals surface area contributed by atoms with Crippen LogP contribution in [0.3, 0.4) is 0 Å². The van der Waals surface area contributed by atoms with Crippen LogP contribution in [0.25, 0.3) is 0 Å². The molecule has 0 aliphatic carbocycles. The molecule has 2 aromatic carbocycles. The molecule has 0 saturated carbocycles. The molecule has 0 bridgehead atoms. The molecule has 1 heterocycles. The SMILES string of the molecule is CN(C)CCCN1c2ccccc2CC(=O)c2ccccc21.O=C(O)/C=C\C(=O)O. The predicted octanol–water partition coefficient (Wildman–Crippen LogP) is 3.23. The third-order valence-corrected chi connectivity index (χ3v) is 4.48. The van der Waals surface area contributed by atoms with E-state index in [1.54, 1.807) is 0 Å². The summed E-state index contributed by atoms with van der Waals surface area (Å²) in [5, 5.41) is 15.6. The standard InChI is InChI=1S/C19H22N2O.C4H4O4/c1-20(2)12-7-13-21-17-10-5-3-8-15(17)14-19(22)16-9-4-6-11-18(16)21;5-3(6)1-2-4(7)8/h3-6,8-11H,7,12-14H2,1-2H3;1-2H,(H,5,6)(H,7,8)/b;2-1-. The molecule has 2 N–H and O–H groups in total. The number of para-hydroxylation sites is 2. The predicted molar refractivity (Wildman–Crippen MR) is 116 cm³/mol. The molecule has 7 heteroatoms. The Balaban J connectivity index is 0.000000343. The normalized spacial score (nSPS) is 12.6. The number of rotatable bonds is 6. The van der Waals surface area contributed by atoms with Gasteiger partial charge in [-0.15, -0.1) is 0 Å². The van der Waals surface area contributed by atoms with Crippen LogP contribution in [0.2, 0.25) is 0 Å². The van der Waals surface area contributed by atoms with Gasteiger partial charge < -0.3 is 20.0 Å². The number of anilines is 2. The zero-order chi connectivity index (χ0) is 22.1. The van der Waals surface area contributed by atoms with E-state index < -0.39 is 11.9 Å². The van der Waals surface area contributed by atoms with Gasteiger partial charge in [-0.3, -0.25) is 4.79 Å². The second-order valence-electron chi connectivity index (χ2n) is 7.06. The van der Waals surface area contributed by atoms with Gasteiger partial charge in [0.2, 0.25) is 0 Å². The quantitative estimate of drug-likeness (QED) is 0.706. The number of carbonyl (C=O) groups excluding carboxylic acids is 1. The Morgan fingerprint density at radius 3 is 2.13 bits per heavy atom. The lowest BCUT2D eigenvalue weighted by Crippen LogP contribution is -2.24. The Morgan fingerprint density at radius 1 is 0.967 bits per heavy atom. The molecule has 0 fully saturated rings. The largest absolute Gasteiger partial charge is 0.478 e. The van der Waals surface area contributed by atoms with E-state index in [1.165, 1.54) is 5.69 Å². The molecule has 1 aliphatic rings. The van der Waals surface area contributed by atoms with E-state index in [9.17, 15) is 14.4 Å². The van der Waals surface area contributed by atoms with Crippen molar-refractivity contribution in [1.29, 1.82) is 0 Å². The number of hydrogen-bond donors (Lipinski definition) is 2. The van der Waals surface area contributed by atoms with Gasteiger partial charge in [-0.05, 0) is 50.8 Å². The molecule has 158 valence electrons. The van der Waals surface area contributed by atoms with Crippen LogP contribution in [0, 0.1) is 0 Å². The van der Waals surface area contributed by atoms with Crippen molar-refractivity contribution in [3.8, 4) is 0 Å². The number of nitrogens with zero attached hydrogens (tertiary/aromatic N) is 2. The number of hydrogen-bond acceptors (Lipinski definition) is 5. The minimum Gasteiger partial charge on any atom is -0.478 e. The van der Waals surface area contributed by atoms with Crippen molar-refractivity contribution in [2.24, 2.45) is 0 Å². The first-order chi connectivity index (χ1) is 14.3. The average Bonchev–Trinajstić information content (AvgIpc) is 2.82. The maximum absolute atomic E-state index is 12.6. The number of carboxylic acids is 2. The van der Waals surface area contributed by atoms with Gasteiger partial charge >= 0.3 is 11.9 Å². The molecule has 0 saturated heterocycles. The summed E-state index contributed by atoms with van der Waals surface area (Å²) in [6.07, 6.45) is 2.66. The molecule has 0 amide bonds. The summed E-state index contributed by atoms with van der Waals surface area (Å²) < 4.78 is 0. The zero-order valence-electron chi connectivity index (χ0n) is 17.1. The third kappa shape index (κ3) is 6.56. The van der Waals surface area contributed by atoms with Crippen LogP contribution in [0.4, 0.5) is 11.4 Å². The summed E-state index contributed by atoms with van der Waals surface area (Å²) >= 11 is 0. The molecule has 1 aliphatic heterocycles. The lowest BCUT2D eigenvalue weighted by atomic mass is 10.0. The van der Waals surface area contributed by atoms with Gasteiger partial charge in [0, 0.05) is 36.4 Å². The maximum atomic E-state index is 12.6. The third-order valence-electron chi connectivity index (χ3n) is 4.48. The molecule has 0 aromatic heterocycles. The minimum atomic E-state index is -1.26. The molecule has 7 nitrogen and oxygen atoms in total. The summed E-state index contributed by atoms with van der Waals surface area (Å²) in [4.78, 5) is 36.2. The van der Waals surface area contributed by atoms with E-state index in [4.69, 9.17) is 10.2 Å². The van der Waals surface area contributed by atoms with Gasteiger partial charge in [0.05, 0.1) is 5.69 Å². The monoisotopic (exact) mass is 410 g/mol. The summed E-state index contributed by atoms with van der Waals surface area (Å²) in [5.41, 5.74) is 4.16. The van der Waals surface area contributed by atoms with Crippen LogP contribution in [-0.4, -0.2) is 60.0 Å². The van der Waals surface area contributed by atoms with E-state index in [1.807, 2.05) is 24.3 Å². The molecule has 0 atom stereocenters. The van der Waals surface area contributed by atoms with Crippen LogP contribution in [0.1, 0.15) is 22.3 Å². The van der Waals surface area contributed by atoms with E-state index in [0.29, 0.717) is 18.6 Å². The van der Waals surface area contributed by atoms with Crippen LogP contribution < -0.4 is 4.90 Å². The Hall–Kier alpha value is -3.45. The fourth-order valence-electron chi connectivity index (χ4n) is 3.19. The molecular formula is C23H26N2O5. The molecule has 0 unspecified atom stereocenters. The Bertz CT molecular complexity index is 921. The van der Waals surface area contributed by atoms with Crippen molar-refractivity contribution in [3.05, 3.63) is 71.8 Å². The molecule has 2 aromatic rings. The fraction of sp³-hybridized carbons (Fsp3) is 0.261. The second-order valence-corrected chi connectivity index (χ2v) is 7.06. The second kappa shape index (κ2) is 10.9. The Labute approximate surface area is 175 Å². The van der Waals surface area contributed by atoms with Crippen molar-refractivity contribution in [2.75, 3.05) is 32.1 Å². The van der Waals surface area contributed by atoms with Crippen molar-refractivity contribution >= 4 is 29.1 Å². The first-order valence-corrected chi connectivity index (χ1v) is 9.56. The molecule has 30 heavy (non-hydrogen) atoms. The zero-order valence-corrected chi connectivity index (χ0v) is 17.1. The number of carbonyl (C=O) groups is 3. The van der Waals surface area contributed by atoms with Crippen LogP contribution >= 0.6 is 0 Å². The van der Waals surface area contributed by atoms with Crippen LogP contribution in [0.5, 0.6) is 0 Å². The summed E-state index contributed by atoms with van der Waals surface area (Å²) in [5.74, 6) is -2.31. The van der Waals surface area contributed by atoms with E-state index in [-0.39, 0.29) is 5.78 Å². The van der Waals surface area contributed by atoms with Crippen molar-refractivity contribution in [3.63, 3.8) is 0 Å². The van der Waals surface area contributed by atoms with Gasteiger partial charge in [-0.2, -0.15) is 0 Å². The smallest absolute Gasteiger partial charge is 0.328 e. The van der Waals surface area contributed by atoms with Gasteiger partial charge in [-0.25, -0.2) is 9.59 Å². The summed E-state index contributed by atoms with van der Waals surface area (Å²) in [7, 11) is 4.18. The Kier molecular flexibility index (Phi) is 8.31. The van der Waals surface area contributed by atoms with Gasteiger partial charge in [0.15, 0.2) is 5.78 Å². The van der Waals surface area contributed by atoms with Gasteiger partial charge in [0.25, 0.3) is 0 Å². The van der Waals surface area contributed by atoms with E-state index >= 15 is 0 Å². The molecule has 3 rings (SSSR count). The van der Waals surface area contributed by atoms with Crippen molar-refractivity contribution < 1.29 is 24.6 Å². The van der Waals surface area contributed by atoms with Crippen molar-refractivity contribution in [2.45, 2.75) is 12.8 Å². The molecule has 0 spiro atoms. The van der Waals surface area contributed by atoms with Crippen molar-refractivity contribution in [1.82, 2.24) is 4.90 Å². The van der Waals surface area contributed by atoms with Gasteiger partial charge in [-0.1, -0.05) is 30.3 Å². The highest BCUT2D eigenvalue weighted by Crippen LogP contribution is 2.35. The average molecular weight is 410 g/mol. The first-order valence-electron chi connectivity index (χ1n) is 9.56. The number of fused-ring (bicyclic) bond motifs is 2. The van der Waals surface area contributed by atoms with E-state index in [0.717, 1.165) is 36.3 Å². The number of benzene rings is 2. The fourth-order valence-corrected chi connectivity index (χ4v) is 3.19. The number of aliphatic carboxylic acids is 2. The number of ketones is 1. The first kappa shape index (κ1) is 22.8. The molecular weight excluding hydrogens is 384 g/mol. The topological polar surface area (TPSA) is 98.2 Å². The summed E-state index contributed by atoms with van der Waals surface area (Å²) in [6, 6.07) is 16.2. The van der Waals surface area contributed by atoms with Gasteiger partial charge in [0.1, 0.15) is 0 Å². The van der Waals surface area contributed by atoms with Crippen LogP contribution in [0.15, 0.2) is 60.7 Å². The number of Topliss-reactive ketones (excluding diaryl/α,β-unsaturated/α-hetero) is 1. The lowest BCUT2D eigenvalue weighted by Gasteiger charge is -2.27. The van der Waals surface area contributed by atoms with Crippen LogP contribution in [-0.2, 0) is 16.0 Å².